The molecule has 0 spiro atoms. The van der Waals surface area contributed by atoms with Crippen molar-refractivity contribution in [2.45, 2.75) is 0 Å². The third kappa shape index (κ3) is 4.09. The van der Waals surface area contributed by atoms with Crippen molar-refractivity contribution in [2.24, 2.45) is 0 Å². The van der Waals surface area contributed by atoms with Crippen LogP contribution in [-0.2, 0) is 0 Å². The summed E-state index contributed by atoms with van der Waals surface area (Å²) in [7, 11) is 3.75. The van der Waals surface area contributed by atoms with Crippen LogP contribution in [0.5, 0.6) is 0 Å². The molecule has 8 rings (SSSR count). The smallest absolute Gasteiger partial charge is 0.266 e. The van der Waals surface area contributed by atoms with Crippen molar-refractivity contribution < 1.29 is 18.4 Å². The Kier molecular flexibility index (Phi) is 6.15. The van der Waals surface area contributed by atoms with E-state index in [9.17, 15) is 28.0 Å². The lowest BCUT2D eigenvalue weighted by molar-refractivity contribution is 0.102. The van der Waals surface area contributed by atoms with Crippen LogP contribution < -0.4 is 16.0 Å². The normalized spacial score (nSPS) is 12.5. The van der Waals surface area contributed by atoms with Gasteiger partial charge in [0.25, 0.3) is 11.1 Å². The monoisotopic (exact) mass is 653 g/mol. The van der Waals surface area contributed by atoms with E-state index in [1.807, 2.05) is 25.1 Å². The van der Waals surface area contributed by atoms with Crippen LogP contribution in [0.4, 0.5) is 14.5 Å². The molecule has 0 N–H and O–H groups in total. The predicted molar refractivity (Wildman–Crippen MR) is 163 cm³/mol. The molecule has 2 aromatic heterocycles. The van der Waals surface area contributed by atoms with Crippen LogP contribution in [0.25, 0.3) is 33.2 Å². The number of benzene rings is 4. The van der Waals surface area contributed by atoms with Gasteiger partial charge in [0.05, 0.1) is 44.3 Å². The lowest BCUT2D eigenvalue weighted by atomic mass is 10.1. The van der Waals surface area contributed by atoms with Crippen molar-refractivity contribution in [1.29, 1.82) is 0 Å². The summed E-state index contributed by atoms with van der Waals surface area (Å²) >= 11 is 3.31. The highest BCUT2D eigenvalue weighted by Gasteiger charge is 2.32. The van der Waals surface area contributed by atoms with Gasteiger partial charge in [0, 0.05) is 24.3 Å². The van der Waals surface area contributed by atoms with Gasteiger partial charge >= 0.3 is 0 Å². The standard InChI is InChI=1S/C17H12FN3O2.C15H6BrFN2O2/c1-20(2)10-4-5-13-11(8-10)17(23)21-14-6-3-9(18)7-12(14)15(22)16(21)19-13;16-7-1-3-11-9(5-7)15(21)19-12-4-2-8(17)6-10(12)13(20)14(19)18-11/h3-8H,1-2H3;1-6H. The van der Waals surface area contributed by atoms with E-state index in [0.717, 1.165) is 22.3 Å². The van der Waals surface area contributed by atoms with E-state index in [0.29, 0.717) is 33.2 Å². The third-order valence-electron chi connectivity index (χ3n) is 7.49. The second kappa shape index (κ2) is 9.85. The molecule has 216 valence electrons. The van der Waals surface area contributed by atoms with E-state index in [1.165, 1.54) is 33.4 Å². The van der Waals surface area contributed by atoms with Crippen molar-refractivity contribution in [3.8, 4) is 11.4 Å². The first-order valence-corrected chi connectivity index (χ1v) is 14.0. The Hall–Kier alpha value is -5.36. The van der Waals surface area contributed by atoms with Gasteiger partial charge in [-0.05, 0) is 72.8 Å². The Morgan fingerprint density at radius 1 is 0.636 bits per heavy atom. The van der Waals surface area contributed by atoms with Crippen LogP contribution >= 0.6 is 15.9 Å². The molecule has 4 aromatic carbocycles. The summed E-state index contributed by atoms with van der Waals surface area (Å²) in [6.45, 7) is 0. The highest BCUT2D eigenvalue weighted by atomic mass is 79.9. The first-order valence-electron chi connectivity index (χ1n) is 13.2. The quantitative estimate of drug-likeness (QED) is 0.246. The molecule has 0 aliphatic carbocycles. The van der Waals surface area contributed by atoms with Gasteiger partial charge in [-0.15, -0.1) is 0 Å². The number of carbonyl (C=O) groups is 2. The second-order valence-corrected chi connectivity index (χ2v) is 11.3. The molecular formula is C32H18BrF2N5O4. The van der Waals surface area contributed by atoms with E-state index in [-0.39, 0.29) is 33.9 Å². The number of carbonyl (C=O) groups excluding carboxylic acids is 2. The molecule has 0 bridgehead atoms. The van der Waals surface area contributed by atoms with Crippen molar-refractivity contribution >= 4 is 55.0 Å². The maximum absolute atomic E-state index is 13.4. The number of fused-ring (bicyclic) bond motifs is 8. The molecule has 44 heavy (non-hydrogen) atoms. The van der Waals surface area contributed by atoms with Crippen LogP contribution in [0.1, 0.15) is 32.4 Å². The van der Waals surface area contributed by atoms with Gasteiger partial charge in [-0.25, -0.2) is 18.7 Å². The Bertz CT molecular complexity index is 2400. The van der Waals surface area contributed by atoms with Gasteiger partial charge in [-0.1, -0.05) is 15.9 Å². The van der Waals surface area contributed by atoms with Gasteiger partial charge < -0.3 is 4.90 Å². The van der Waals surface area contributed by atoms with Crippen molar-refractivity contribution in [2.75, 3.05) is 19.0 Å². The Morgan fingerprint density at radius 3 is 1.61 bits per heavy atom. The van der Waals surface area contributed by atoms with E-state index in [4.69, 9.17) is 0 Å². The van der Waals surface area contributed by atoms with Crippen LogP contribution in [0, 0.1) is 11.6 Å². The summed E-state index contributed by atoms with van der Waals surface area (Å²) in [6, 6.07) is 17.9. The lowest BCUT2D eigenvalue weighted by Gasteiger charge is -2.13. The fraction of sp³-hybridized carbons (Fsp3) is 0.0625. The van der Waals surface area contributed by atoms with Crippen LogP contribution in [-0.4, -0.2) is 44.8 Å². The predicted octanol–water partition coefficient (Wildman–Crippen LogP) is 4.97. The Balaban J connectivity index is 0.000000143. The molecule has 0 amide bonds. The molecule has 2 aliphatic heterocycles. The number of ketones is 2. The SMILES string of the molecule is CN(C)c1ccc2nc3n(c(=O)c2c1)-c1ccc(F)cc1C3=O.O=C1c2cc(F)ccc2-n2c1nc1ccc(Br)cc1c2=O. The molecule has 6 aromatic rings. The molecule has 0 saturated heterocycles. The molecule has 0 unspecified atom stereocenters. The van der Waals surface area contributed by atoms with Gasteiger partial charge in [-0.2, -0.15) is 0 Å². The average Bonchev–Trinajstić information content (AvgIpc) is 3.44. The van der Waals surface area contributed by atoms with E-state index >= 15 is 0 Å². The molecule has 0 atom stereocenters. The molecule has 4 heterocycles. The summed E-state index contributed by atoms with van der Waals surface area (Å²) in [5, 5.41) is 0.822. The molecular weight excluding hydrogens is 636 g/mol. The number of halogens is 3. The van der Waals surface area contributed by atoms with Crippen molar-refractivity contribution in [3.05, 3.63) is 132 Å². The average molecular weight is 654 g/mol. The summed E-state index contributed by atoms with van der Waals surface area (Å²) in [6.07, 6.45) is 0. The molecule has 0 saturated carbocycles. The molecule has 0 radical (unpaired) electrons. The fourth-order valence-electron chi connectivity index (χ4n) is 5.37. The highest BCUT2D eigenvalue weighted by molar-refractivity contribution is 9.10. The molecule has 12 heteroatoms. The second-order valence-electron chi connectivity index (χ2n) is 10.4. The minimum atomic E-state index is -0.518. The number of rotatable bonds is 1. The summed E-state index contributed by atoms with van der Waals surface area (Å²) in [5.74, 6) is -1.86. The summed E-state index contributed by atoms with van der Waals surface area (Å²) in [5.41, 5.74) is 2.16. The van der Waals surface area contributed by atoms with Crippen LogP contribution in [0.3, 0.4) is 0 Å². The minimum absolute atomic E-state index is 0.0235. The molecule has 9 nitrogen and oxygen atoms in total. The minimum Gasteiger partial charge on any atom is -0.378 e. The van der Waals surface area contributed by atoms with Gasteiger partial charge in [-0.3, -0.25) is 28.3 Å². The first-order chi connectivity index (χ1) is 21.0. The molecule has 0 fully saturated rings. The summed E-state index contributed by atoms with van der Waals surface area (Å²) in [4.78, 5) is 60.6. The maximum Gasteiger partial charge on any atom is 0.266 e. The van der Waals surface area contributed by atoms with Gasteiger partial charge in [0.2, 0.25) is 11.6 Å². The number of hydrogen-bond acceptors (Lipinski definition) is 7. The summed E-state index contributed by atoms with van der Waals surface area (Å²) < 4.78 is 30.0. The lowest BCUT2D eigenvalue weighted by Crippen LogP contribution is -2.22. The van der Waals surface area contributed by atoms with Gasteiger partial charge in [0.15, 0.2) is 11.6 Å². The number of anilines is 1. The largest absolute Gasteiger partial charge is 0.378 e. The highest BCUT2D eigenvalue weighted by Crippen LogP contribution is 2.29. The maximum atomic E-state index is 13.4. The first kappa shape index (κ1) is 27.5. The van der Waals surface area contributed by atoms with Crippen LogP contribution in [0.15, 0.2) is 86.9 Å². The Labute approximate surface area is 254 Å². The van der Waals surface area contributed by atoms with E-state index in [2.05, 4.69) is 25.9 Å². The number of hydrogen-bond donors (Lipinski definition) is 0. The number of aromatic nitrogens is 4. The zero-order valence-corrected chi connectivity index (χ0v) is 24.5. The van der Waals surface area contributed by atoms with Crippen molar-refractivity contribution in [3.63, 3.8) is 0 Å². The Morgan fingerprint density at radius 2 is 1.11 bits per heavy atom. The zero-order valence-electron chi connectivity index (χ0n) is 22.9. The van der Waals surface area contributed by atoms with Crippen LogP contribution in [0.2, 0.25) is 0 Å². The van der Waals surface area contributed by atoms with Crippen molar-refractivity contribution in [1.82, 2.24) is 19.1 Å². The van der Waals surface area contributed by atoms with Gasteiger partial charge in [0.1, 0.15) is 11.6 Å². The zero-order chi connectivity index (χ0) is 31.0. The molecule has 2 aliphatic rings. The topological polar surface area (TPSA) is 107 Å². The fourth-order valence-corrected chi connectivity index (χ4v) is 5.73. The van der Waals surface area contributed by atoms with E-state index < -0.39 is 23.2 Å². The third-order valence-corrected chi connectivity index (χ3v) is 7.99. The number of nitrogens with zero attached hydrogens (tertiary/aromatic N) is 5. The van der Waals surface area contributed by atoms with E-state index in [1.54, 1.807) is 30.3 Å².